The number of hydrogen-bond donors (Lipinski definition) is 1. The van der Waals surface area contributed by atoms with Gasteiger partial charge in [-0.2, -0.15) is 0 Å². The molecule has 0 spiro atoms. The molecule has 0 fully saturated rings. The van der Waals surface area contributed by atoms with Gasteiger partial charge in [0, 0.05) is 5.69 Å². The summed E-state index contributed by atoms with van der Waals surface area (Å²) in [6.07, 6.45) is 4.33. The molecule has 16 heavy (non-hydrogen) atoms. The van der Waals surface area contributed by atoms with Gasteiger partial charge in [0.15, 0.2) is 0 Å². The molecule has 0 aliphatic carbocycles. The Kier molecular flexibility index (Phi) is 3.13. The minimum atomic E-state index is 0.788. The number of nitrogens with zero attached hydrogens (tertiary/aromatic N) is 2. The summed E-state index contributed by atoms with van der Waals surface area (Å²) in [6.45, 7) is 4.37. The van der Waals surface area contributed by atoms with Crippen LogP contribution >= 0.6 is 0 Å². The predicted molar refractivity (Wildman–Crippen MR) is 67.6 cm³/mol. The van der Waals surface area contributed by atoms with Crippen LogP contribution in [0, 0.1) is 0 Å². The van der Waals surface area contributed by atoms with Crippen molar-refractivity contribution in [3.63, 3.8) is 0 Å². The smallest absolute Gasteiger partial charge is 0.138 e. The van der Waals surface area contributed by atoms with Crippen LogP contribution in [0.3, 0.4) is 0 Å². The van der Waals surface area contributed by atoms with Gasteiger partial charge in [0.1, 0.15) is 11.5 Å². The van der Waals surface area contributed by atoms with Gasteiger partial charge >= 0.3 is 0 Å². The standard InChI is InChI=1S/C13H19N3/c1-3-6-10-11(7-4-2)16-12(14)8-5-9-13(16)15-10/h5,8-9H,3-4,6-7,14H2,1-2H3. The number of aryl methyl sites for hydroxylation is 2. The first-order chi connectivity index (χ1) is 7.77. The number of nitrogen functional groups attached to an aromatic ring is 1. The molecule has 0 saturated carbocycles. The van der Waals surface area contributed by atoms with Crippen molar-refractivity contribution in [1.29, 1.82) is 0 Å². The normalized spacial score (nSPS) is 11.1. The summed E-state index contributed by atoms with van der Waals surface area (Å²) >= 11 is 0. The van der Waals surface area contributed by atoms with Crippen molar-refractivity contribution >= 4 is 11.5 Å². The Morgan fingerprint density at radius 1 is 1.19 bits per heavy atom. The molecule has 0 aliphatic heterocycles. The first kappa shape index (κ1) is 11.0. The maximum Gasteiger partial charge on any atom is 0.138 e. The quantitative estimate of drug-likeness (QED) is 0.855. The Morgan fingerprint density at radius 3 is 2.62 bits per heavy atom. The summed E-state index contributed by atoms with van der Waals surface area (Å²) in [5.74, 6) is 0.788. The average Bonchev–Trinajstić information content (AvgIpc) is 2.59. The molecule has 0 aromatic carbocycles. The first-order valence-corrected chi connectivity index (χ1v) is 6.02. The Morgan fingerprint density at radius 2 is 1.94 bits per heavy atom. The van der Waals surface area contributed by atoms with Crippen LogP contribution in [-0.2, 0) is 12.8 Å². The number of anilines is 1. The number of nitrogens with two attached hydrogens (primary N) is 1. The minimum Gasteiger partial charge on any atom is -0.385 e. The van der Waals surface area contributed by atoms with E-state index >= 15 is 0 Å². The van der Waals surface area contributed by atoms with Gasteiger partial charge in [0.2, 0.25) is 0 Å². The van der Waals surface area contributed by atoms with Gasteiger partial charge in [0.25, 0.3) is 0 Å². The molecule has 3 nitrogen and oxygen atoms in total. The van der Waals surface area contributed by atoms with Crippen molar-refractivity contribution in [3.05, 3.63) is 29.6 Å². The van der Waals surface area contributed by atoms with Crippen molar-refractivity contribution in [3.8, 4) is 0 Å². The van der Waals surface area contributed by atoms with Crippen molar-refractivity contribution < 1.29 is 0 Å². The highest BCUT2D eigenvalue weighted by Gasteiger charge is 2.11. The van der Waals surface area contributed by atoms with Crippen molar-refractivity contribution in [1.82, 2.24) is 9.38 Å². The molecule has 0 amide bonds. The first-order valence-electron chi connectivity index (χ1n) is 6.02. The molecule has 86 valence electrons. The second-order valence-corrected chi connectivity index (χ2v) is 4.15. The number of aromatic nitrogens is 2. The Balaban J connectivity index is 2.62. The van der Waals surface area contributed by atoms with Crippen LogP contribution < -0.4 is 5.73 Å². The fourth-order valence-electron chi connectivity index (χ4n) is 2.16. The van der Waals surface area contributed by atoms with Crippen LogP contribution in [0.25, 0.3) is 5.65 Å². The van der Waals surface area contributed by atoms with E-state index < -0.39 is 0 Å². The van der Waals surface area contributed by atoms with E-state index in [-0.39, 0.29) is 0 Å². The minimum absolute atomic E-state index is 0.788. The van der Waals surface area contributed by atoms with Crippen molar-refractivity contribution in [2.24, 2.45) is 0 Å². The zero-order chi connectivity index (χ0) is 11.5. The van der Waals surface area contributed by atoms with Gasteiger partial charge < -0.3 is 5.73 Å². The highest BCUT2D eigenvalue weighted by Crippen LogP contribution is 2.19. The third-order valence-electron chi connectivity index (χ3n) is 2.83. The van der Waals surface area contributed by atoms with E-state index in [1.54, 1.807) is 0 Å². The van der Waals surface area contributed by atoms with E-state index in [0.717, 1.165) is 37.1 Å². The maximum atomic E-state index is 6.02. The highest BCUT2D eigenvalue weighted by molar-refractivity contribution is 5.51. The number of pyridine rings is 1. The van der Waals surface area contributed by atoms with Crippen LogP contribution in [0.5, 0.6) is 0 Å². The van der Waals surface area contributed by atoms with E-state index in [2.05, 4.69) is 23.2 Å². The van der Waals surface area contributed by atoms with Crippen LogP contribution in [-0.4, -0.2) is 9.38 Å². The second-order valence-electron chi connectivity index (χ2n) is 4.15. The highest BCUT2D eigenvalue weighted by atomic mass is 15.1. The van der Waals surface area contributed by atoms with Crippen LogP contribution in [0.15, 0.2) is 18.2 Å². The number of fused-ring (bicyclic) bond motifs is 1. The van der Waals surface area contributed by atoms with Crippen molar-refractivity contribution in [2.75, 3.05) is 5.73 Å². The van der Waals surface area contributed by atoms with Gasteiger partial charge in [-0.25, -0.2) is 4.98 Å². The van der Waals surface area contributed by atoms with Crippen LogP contribution in [0.4, 0.5) is 5.82 Å². The summed E-state index contributed by atoms with van der Waals surface area (Å²) in [4.78, 5) is 4.66. The Bertz CT molecular complexity index is 485. The summed E-state index contributed by atoms with van der Waals surface area (Å²) in [7, 11) is 0. The molecule has 2 N–H and O–H groups in total. The van der Waals surface area contributed by atoms with E-state index in [1.807, 2.05) is 18.2 Å². The summed E-state index contributed by atoms with van der Waals surface area (Å²) in [5, 5.41) is 0. The molecule has 0 aliphatic rings. The lowest BCUT2D eigenvalue weighted by Crippen LogP contribution is -2.01. The summed E-state index contributed by atoms with van der Waals surface area (Å²) in [6, 6.07) is 5.92. The monoisotopic (exact) mass is 217 g/mol. The molecule has 2 rings (SSSR count). The number of hydrogen-bond acceptors (Lipinski definition) is 2. The van der Waals surface area contributed by atoms with Gasteiger partial charge in [0.05, 0.1) is 5.69 Å². The molecule has 2 heterocycles. The predicted octanol–water partition coefficient (Wildman–Crippen LogP) is 2.82. The van der Waals surface area contributed by atoms with Gasteiger partial charge in [-0.15, -0.1) is 0 Å². The second kappa shape index (κ2) is 4.56. The lowest BCUT2D eigenvalue weighted by Gasteiger charge is -2.05. The molecule has 0 radical (unpaired) electrons. The van der Waals surface area contributed by atoms with Gasteiger partial charge in [-0.05, 0) is 25.0 Å². The molecule has 2 aromatic rings. The van der Waals surface area contributed by atoms with Gasteiger partial charge in [-0.1, -0.05) is 32.8 Å². The van der Waals surface area contributed by atoms with Crippen LogP contribution in [0.1, 0.15) is 38.1 Å². The van der Waals surface area contributed by atoms with Crippen molar-refractivity contribution in [2.45, 2.75) is 39.5 Å². The number of rotatable bonds is 4. The molecule has 0 unspecified atom stereocenters. The third-order valence-corrected chi connectivity index (χ3v) is 2.83. The largest absolute Gasteiger partial charge is 0.385 e. The fourth-order valence-corrected chi connectivity index (χ4v) is 2.16. The molecule has 0 saturated heterocycles. The Hall–Kier alpha value is -1.51. The SMILES string of the molecule is CCCc1nc2cccc(N)n2c1CCC. The maximum absolute atomic E-state index is 6.02. The zero-order valence-corrected chi connectivity index (χ0v) is 10.0. The lowest BCUT2D eigenvalue weighted by molar-refractivity contribution is 0.819. The third kappa shape index (κ3) is 1.77. The molecule has 2 aromatic heterocycles. The molecular formula is C13H19N3. The van der Waals surface area contributed by atoms with E-state index in [1.165, 1.54) is 11.4 Å². The Labute approximate surface area is 96.3 Å². The molecular weight excluding hydrogens is 198 g/mol. The lowest BCUT2D eigenvalue weighted by atomic mass is 10.1. The molecule has 3 heteroatoms. The average molecular weight is 217 g/mol. The fraction of sp³-hybridized carbons (Fsp3) is 0.462. The summed E-state index contributed by atoms with van der Waals surface area (Å²) in [5.41, 5.74) is 9.50. The van der Waals surface area contributed by atoms with Gasteiger partial charge in [-0.3, -0.25) is 4.40 Å². The molecule has 0 atom stereocenters. The topological polar surface area (TPSA) is 43.3 Å². The number of imidazole rings is 1. The molecule has 0 bridgehead atoms. The van der Waals surface area contributed by atoms with Crippen LogP contribution in [0.2, 0.25) is 0 Å². The zero-order valence-electron chi connectivity index (χ0n) is 10.0. The summed E-state index contributed by atoms with van der Waals surface area (Å²) < 4.78 is 2.09. The van der Waals surface area contributed by atoms with E-state index in [9.17, 15) is 0 Å². The van der Waals surface area contributed by atoms with E-state index in [4.69, 9.17) is 5.73 Å². The van der Waals surface area contributed by atoms with E-state index in [0.29, 0.717) is 0 Å².